The summed E-state index contributed by atoms with van der Waals surface area (Å²) in [5.74, 6) is 0.477. The van der Waals surface area contributed by atoms with E-state index in [1.54, 1.807) is 11.8 Å². The molecule has 0 unspecified atom stereocenters. The van der Waals surface area contributed by atoms with E-state index < -0.39 is 0 Å². The minimum Gasteiger partial charge on any atom is -0.349 e. The SMILES string of the molecule is C[C@@H](NC(=O)CSc1cccc2ccccc12)c1ccccc1. The first kappa shape index (κ1) is 15.6. The standard InChI is InChI=1S/C20H19NOS/c1-15(16-8-3-2-4-9-16)21-20(22)14-23-19-13-7-11-17-10-5-6-12-18(17)19/h2-13,15H,14H2,1H3,(H,21,22)/t15-/m1/s1. The second kappa shape index (κ2) is 7.34. The average Bonchev–Trinajstić information content (AvgIpc) is 2.60. The molecule has 0 spiro atoms. The van der Waals surface area contributed by atoms with E-state index in [4.69, 9.17) is 0 Å². The number of nitrogens with one attached hydrogen (secondary N) is 1. The van der Waals surface area contributed by atoms with Gasteiger partial charge in [0.2, 0.25) is 5.91 Å². The van der Waals surface area contributed by atoms with Crippen LogP contribution < -0.4 is 5.32 Å². The van der Waals surface area contributed by atoms with Crippen LogP contribution in [0.4, 0.5) is 0 Å². The third-order valence-corrected chi connectivity index (χ3v) is 4.86. The summed E-state index contributed by atoms with van der Waals surface area (Å²) in [5.41, 5.74) is 1.12. The Balaban J connectivity index is 1.62. The van der Waals surface area contributed by atoms with Gasteiger partial charge in [0.05, 0.1) is 11.8 Å². The highest BCUT2D eigenvalue weighted by Crippen LogP contribution is 2.27. The van der Waals surface area contributed by atoms with Gasteiger partial charge in [0.25, 0.3) is 0 Å². The third-order valence-electron chi connectivity index (χ3n) is 3.79. The summed E-state index contributed by atoms with van der Waals surface area (Å²) in [7, 11) is 0. The monoisotopic (exact) mass is 321 g/mol. The molecule has 0 aromatic heterocycles. The fraction of sp³-hybridized carbons (Fsp3) is 0.150. The van der Waals surface area contributed by atoms with Crippen molar-refractivity contribution in [1.82, 2.24) is 5.32 Å². The van der Waals surface area contributed by atoms with E-state index in [2.05, 4.69) is 29.6 Å². The van der Waals surface area contributed by atoms with E-state index in [0.717, 1.165) is 10.5 Å². The Morgan fingerprint density at radius 3 is 2.48 bits per heavy atom. The van der Waals surface area contributed by atoms with Gasteiger partial charge in [-0.15, -0.1) is 11.8 Å². The van der Waals surface area contributed by atoms with Gasteiger partial charge in [-0.3, -0.25) is 4.79 Å². The Morgan fingerprint density at radius 2 is 1.65 bits per heavy atom. The molecule has 1 amide bonds. The van der Waals surface area contributed by atoms with Gasteiger partial charge < -0.3 is 5.32 Å². The fourth-order valence-corrected chi connectivity index (χ4v) is 3.46. The van der Waals surface area contributed by atoms with Gasteiger partial charge in [-0.05, 0) is 29.3 Å². The maximum absolute atomic E-state index is 12.2. The highest BCUT2D eigenvalue weighted by molar-refractivity contribution is 8.00. The number of hydrogen-bond acceptors (Lipinski definition) is 2. The van der Waals surface area contributed by atoms with Gasteiger partial charge in [-0.2, -0.15) is 0 Å². The van der Waals surface area contributed by atoms with Crippen molar-refractivity contribution in [3.63, 3.8) is 0 Å². The minimum absolute atomic E-state index is 0.0248. The van der Waals surface area contributed by atoms with Gasteiger partial charge in [0.15, 0.2) is 0 Å². The number of benzene rings is 3. The molecule has 0 aliphatic carbocycles. The number of fused-ring (bicyclic) bond motifs is 1. The van der Waals surface area contributed by atoms with Crippen LogP contribution in [0, 0.1) is 0 Å². The number of thioether (sulfide) groups is 1. The van der Waals surface area contributed by atoms with Crippen molar-refractivity contribution in [3.8, 4) is 0 Å². The summed E-state index contributed by atoms with van der Waals surface area (Å²) in [6, 6.07) is 24.5. The van der Waals surface area contributed by atoms with Crippen molar-refractivity contribution in [2.24, 2.45) is 0 Å². The molecular weight excluding hydrogens is 302 g/mol. The Labute approximate surface area is 140 Å². The highest BCUT2D eigenvalue weighted by atomic mass is 32.2. The first-order chi connectivity index (χ1) is 11.2. The van der Waals surface area contributed by atoms with Crippen molar-refractivity contribution in [3.05, 3.63) is 78.4 Å². The van der Waals surface area contributed by atoms with Gasteiger partial charge in [0, 0.05) is 4.90 Å². The molecule has 0 radical (unpaired) electrons. The molecule has 23 heavy (non-hydrogen) atoms. The Kier molecular flexibility index (Phi) is 4.99. The zero-order valence-corrected chi connectivity index (χ0v) is 13.8. The van der Waals surface area contributed by atoms with Crippen LogP contribution in [0.2, 0.25) is 0 Å². The zero-order valence-electron chi connectivity index (χ0n) is 13.0. The van der Waals surface area contributed by atoms with Crippen LogP contribution in [0.15, 0.2) is 77.7 Å². The van der Waals surface area contributed by atoms with E-state index in [1.165, 1.54) is 10.8 Å². The van der Waals surface area contributed by atoms with Crippen LogP contribution in [-0.4, -0.2) is 11.7 Å². The molecule has 1 N–H and O–H groups in total. The molecule has 0 fully saturated rings. The lowest BCUT2D eigenvalue weighted by atomic mass is 10.1. The zero-order chi connectivity index (χ0) is 16.1. The first-order valence-electron chi connectivity index (χ1n) is 7.69. The Hall–Kier alpha value is -2.26. The summed E-state index contributed by atoms with van der Waals surface area (Å²) in [6.45, 7) is 2.01. The fourth-order valence-electron chi connectivity index (χ4n) is 2.57. The molecule has 116 valence electrons. The molecule has 3 aromatic carbocycles. The molecule has 3 aromatic rings. The smallest absolute Gasteiger partial charge is 0.230 e. The lowest BCUT2D eigenvalue weighted by Gasteiger charge is -2.14. The Morgan fingerprint density at radius 1 is 0.957 bits per heavy atom. The van der Waals surface area contributed by atoms with Crippen molar-refractivity contribution in [2.45, 2.75) is 17.9 Å². The molecule has 0 bridgehead atoms. The summed E-state index contributed by atoms with van der Waals surface area (Å²) in [6.07, 6.45) is 0. The number of amides is 1. The molecule has 3 rings (SSSR count). The first-order valence-corrected chi connectivity index (χ1v) is 8.67. The number of carbonyl (C=O) groups is 1. The molecule has 0 aliphatic heterocycles. The van der Waals surface area contributed by atoms with Crippen molar-refractivity contribution < 1.29 is 4.79 Å². The normalized spacial score (nSPS) is 12.0. The number of hydrogen-bond donors (Lipinski definition) is 1. The van der Waals surface area contributed by atoms with Crippen molar-refractivity contribution in [1.29, 1.82) is 0 Å². The second-order valence-electron chi connectivity index (χ2n) is 5.47. The molecule has 0 aliphatic rings. The molecule has 0 saturated carbocycles. The predicted octanol–water partition coefficient (Wildman–Crippen LogP) is 4.81. The van der Waals surface area contributed by atoms with Crippen LogP contribution in [0.5, 0.6) is 0 Å². The molecule has 0 saturated heterocycles. The maximum atomic E-state index is 12.2. The quantitative estimate of drug-likeness (QED) is 0.683. The van der Waals surface area contributed by atoms with Crippen LogP contribution in [-0.2, 0) is 4.79 Å². The molecular formula is C20H19NOS. The van der Waals surface area contributed by atoms with Gasteiger partial charge in [-0.1, -0.05) is 66.7 Å². The second-order valence-corrected chi connectivity index (χ2v) is 6.48. The molecule has 1 atom stereocenters. The number of carbonyl (C=O) groups excluding carboxylic acids is 1. The van der Waals surface area contributed by atoms with Crippen molar-refractivity contribution >= 4 is 28.4 Å². The lowest BCUT2D eigenvalue weighted by molar-refractivity contribution is -0.119. The largest absolute Gasteiger partial charge is 0.349 e. The predicted molar refractivity (Wildman–Crippen MR) is 97.7 cm³/mol. The lowest BCUT2D eigenvalue weighted by Crippen LogP contribution is -2.28. The van der Waals surface area contributed by atoms with E-state index in [0.29, 0.717) is 5.75 Å². The van der Waals surface area contributed by atoms with Crippen LogP contribution in [0.3, 0.4) is 0 Å². The van der Waals surface area contributed by atoms with Crippen molar-refractivity contribution in [2.75, 3.05) is 5.75 Å². The average molecular weight is 321 g/mol. The van der Waals surface area contributed by atoms with Crippen LogP contribution in [0.25, 0.3) is 10.8 Å². The maximum Gasteiger partial charge on any atom is 0.230 e. The number of rotatable bonds is 5. The molecule has 3 heteroatoms. The summed E-state index contributed by atoms with van der Waals surface area (Å²) < 4.78 is 0. The molecule has 0 heterocycles. The van der Waals surface area contributed by atoms with E-state index in [-0.39, 0.29) is 11.9 Å². The van der Waals surface area contributed by atoms with Gasteiger partial charge >= 0.3 is 0 Å². The third kappa shape index (κ3) is 3.93. The summed E-state index contributed by atoms with van der Waals surface area (Å²) >= 11 is 1.58. The van der Waals surface area contributed by atoms with Gasteiger partial charge in [-0.25, -0.2) is 0 Å². The minimum atomic E-state index is 0.0248. The Bertz CT molecular complexity index is 796. The van der Waals surface area contributed by atoms with Crippen LogP contribution >= 0.6 is 11.8 Å². The molecule has 2 nitrogen and oxygen atoms in total. The summed E-state index contributed by atoms with van der Waals surface area (Å²) in [4.78, 5) is 13.3. The van der Waals surface area contributed by atoms with Gasteiger partial charge in [0.1, 0.15) is 0 Å². The highest BCUT2D eigenvalue weighted by Gasteiger charge is 2.10. The van der Waals surface area contributed by atoms with E-state index in [9.17, 15) is 4.79 Å². The van der Waals surface area contributed by atoms with E-state index >= 15 is 0 Å². The summed E-state index contributed by atoms with van der Waals surface area (Å²) in [5, 5.41) is 5.46. The topological polar surface area (TPSA) is 29.1 Å². The van der Waals surface area contributed by atoms with Crippen LogP contribution in [0.1, 0.15) is 18.5 Å². The van der Waals surface area contributed by atoms with E-state index in [1.807, 2.05) is 55.5 Å².